The predicted molar refractivity (Wildman–Crippen MR) is 70.8 cm³/mol. The van der Waals surface area contributed by atoms with Crippen LogP contribution in [0.1, 0.15) is 21.7 Å². The van der Waals surface area contributed by atoms with Gasteiger partial charge in [0.2, 0.25) is 0 Å². The van der Waals surface area contributed by atoms with E-state index < -0.39 is 0 Å². The highest BCUT2D eigenvalue weighted by Crippen LogP contribution is 2.13. The molecule has 3 heteroatoms. The van der Waals surface area contributed by atoms with Crippen molar-refractivity contribution in [1.29, 1.82) is 0 Å². The van der Waals surface area contributed by atoms with Gasteiger partial charge in [-0.2, -0.15) is 0 Å². The molecule has 94 valence electrons. The first-order valence-corrected chi connectivity index (χ1v) is 6.09. The highest BCUT2D eigenvalue weighted by molar-refractivity contribution is 5.98. The number of carbonyl (C=O) groups excluding carboxylic acids is 1. The van der Waals surface area contributed by atoms with Gasteiger partial charge in [0.15, 0.2) is 5.78 Å². The lowest BCUT2D eigenvalue weighted by molar-refractivity contribution is 0.0986. The average molecular weight is 243 g/mol. The number of rotatable bonds is 6. The van der Waals surface area contributed by atoms with Crippen molar-refractivity contribution < 1.29 is 9.21 Å². The molecule has 0 amide bonds. The Bertz CT molecular complexity index is 503. The van der Waals surface area contributed by atoms with E-state index in [1.165, 1.54) is 0 Å². The Kier molecular flexibility index (Phi) is 4.31. The smallest absolute Gasteiger partial charge is 0.170 e. The molecule has 18 heavy (non-hydrogen) atoms. The van der Waals surface area contributed by atoms with Crippen LogP contribution in [0.2, 0.25) is 0 Å². The zero-order valence-corrected chi connectivity index (χ0v) is 10.5. The van der Waals surface area contributed by atoms with Gasteiger partial charge in [0, 0.05) is 5.56 Å². The van der Waals surface area contributed by atoms with E-state index in [1.807, 2.05) is 37.4 Å². The van der Waals surface area contributed by atoms with Crippen molar-refractivity contribution in [3.63, 3.8) is 0 Å². The topological polar surface area (TPSA) is 42.2 Å². The molecule has 0 bridgehead atoms. The summed E-state index contributed by atoms with van der Waals surface area (Å²) >= 11 is 0. The van der Waals surface area contributed by atoms with Gasteiger partial charge < -0.3 is 9.73 Å². The van der Waals surface area contributed by atoms with E-state index in [-0.39, 0.29) is 5.78 Å². The van der Waals surface area contributed by atoms with E-state index >= 15 is 0 Å². The molecule has 1 aromatic carbocycles. The Morgan fingerprint density at radius 3 is 2.78 bits per heavy atom. The first-order chi connectivity index (χ1) is 8.81. The molecular weight excluding hydrogens is 226 g/mol. The average Bonchev–Trinajstić information content (AvgIpc) is 2.89. The van der Waals surface area contributed by atoms with Crippen LogP contribution in [0.15, 0.2) is 47.1 Å². The number of hydrogen-bond donors (Lipinski definition) is 1. The second kappa shape index (κ2) is 6.17. The molecule has 1 heterocycles. The van der Waals surface area contributed by atoms with Crippen molar-refractivity contribution >= 4 is 5.78 Å². The lowest BCUT2D eigenvalue weighted by atomic mass is 9.99. The number of ketones is 1. The fourth-order valence-electron chi connectivity index (χ4n) is 1.94. The molecule has 3 nitrogen and oxygen atoms in total. The summed E-state index contributed by atoms with van der Waals surface area (Å²) in [6.07, 6.45) is 2.77. The lowest BCUT2D eigenvalue weighted by Gasteiger charge is -2.07. The van der Waals surface area contributed by atoms with Crippen molar-refractivity contribution in [3.05, 3.63) is 59.5 Å². The SMILES string of the molecule is CNCCc1ccccc1C(=O)Cc1ccco1. The van der Waals surface area contributed by atoms with Gasteiger partial charge in [0.1, 0.15) is 5.76 Å². The van der Waals surface area contributed by atoms with Crippen molar-refractivity contribution in [3.8, 4) is 0 Å². The number of carbonyl (C=O) groups is 1. The van der Waals surface area contributed by atoms with Crippen LogP contribution in [-0.4, -0.2) is 19.4 Å². The van der Waals surface area contributed by atoms with Crippen LogP contribution in [-0.2, 0) is 12.8 Å². The molecule has 2 rings (SSSR count). The molecule has 0 fully saturated rings. The van der Waals surface area contributed by atoms with Crippen molar-refractivity contribution in [2.75, 3.05) is 13.6 Å². The quantitative estimate of drug-likeness (QED) is 0.792. The van der Waals surface area contributed by atoms with Gasteiger partial charge >= 0.3 is 0 Å². The van der Waals surface area contributed by atoms with E-state index in [0.717, 1.165) is 24.1 Å². The number of furan rings is 1. The number of benzene rings is 1. The molecule has 0 atom stereocenters. The molecule has 0 saturated carbocycles. The third-order valence-electron chi connectivity index (χ3n) is 2.88. The molecule has 1 aromatic heterocycles. The number of Topliss-reactive ketones (excluding diaryl/α,β-unsaturated/α-hetero) is 1. The van der Waals surface area contributed by atoms with Crippen LogP contribution >= 0.6 is 0 Å². The zero-order valence-electron chi connectivity index (χ0n) is 10.5. The molecule has 0 saturated heterocycles. The van der Waals surface area contributed by atoms with Crippen LogP contribution in [0.3, 0.4) is 0 Å². The summed E-state index contributed by atoms with van der Waals surface area (Å²) in [6.45, 7) is 0.866. The highest BCUT2D eigenvalue weighted by Gasteiger charge is 2.12. The second-order valence-electron chi connectivity index (χ2n) is 4.19. The minimum Gasteiger partial charge on any atom is -0.469 e. The maximum atomic E-state index is 12.2. The monoisotopic (exact) mass is 243 g/mol. The van der Waals surface area contributed by atoms with Crippen molar-refractivity contribution in [1.82, 2.24) is 5.32 Å². The van der Waals surface area contributed by atoms with E-state index in [0.29, 0.717) is 12.2 Å². The van der Waals surface area contributed by atoms with Gasteiger partial charge in [-0.05, 0) is 37.7 Å². The van der Waals surface area contributed by atoms with Crippen LogP contribution in [0.4, 0.5) is 0 Å². The molecule has 0 aliphatic carbocycles. The van der Waals surface area contributed by atoms with Gasteiger partial charge in [-0.25, -0.2) is 0 Å². The fourth-order valence-corrected chi connectivity index (χ4v) is 1.94. The minimum absolute atomic E-state index is 0.108. The molecule has 0 unspecified atom stereocenters. The number of hydrogen-bond acceptors (Lipinski definition) is 3. The Balaban J connectivity index is 2.13. The molecule has 0 spiro atoms. The Morgan fingerprint density at radius 1 is 1.22 bits per heavy atom. The summed E-state index contributed by atoms with van der Waals surface area (Å²) in [4.78, 5) is 12.2. The zero-order chi connectivity index (χ0) is 12.8. The Morgan fingerprint density at radius 2 is 2.06 bits per heavy atom. The van der Waals surface area contributed by atoms with Crippen LogP contribution in [0.5, 0.6) is 0 Å². The summed E-state index contributed by atoms with van der Waals surface area (Å²) in [5, 5.41) is 3.10. The summed E-state index contributed by atoms with van der Waals surface area (Å²) in [7, 11) is 1.91. The first-order valence-electron chi connectivity index (χ1n) is 6.09. The third kappa shape index (κ3) is 3.08. The van der Waals surface area contributed by atoms with Crippen molar-refractivity contribution in [2.24, 2.45) is 0 Å². The molecular formula is C15H17NO2. The maximum absolute atomic E-state index is 12.2. The lowest BCUT2D eigenvalue weighted by Crippen LogP contribution is -2.13. The first kappa shape index (κ1) is 12.6. The predicted octanol–water partition coefficient (Wildman–Crippen LogP) is 2.47. The number of likely N-dealkylation sites (N-methyl/N-ethyl adjacent to an activating group) is 1. The summed E-state index contributed by atoms with van der Waals surface area (Å²) in [5.41, 5.74) is 1.88. The molecule has 0 aliphatic rings. The minimum atomic E-state index is 0.108. The molecule has 2 aromatic rings. The van der Waals surface area contributed by atoms with Crippen LogP contribution in [0.25, 0.3) is 0 Å². The van der Waals surface area contributed by atoms with Gasteiger partial charge in [0.25, 0.3) is 0 Å². The summed E-state index contributed by atoms with van der Waals surface area (Å²) in [5.74, 6) is 0.820. The van der Waals surface area contributed by atoms with Crippen LogP contribution in [0, 0.1) is 0 Å². The van der Waals surface area contributed by atoms with Gasteiger partial charge in [0.05, 0.1) is 12.7 Å². The Hall–Kier alpha value is -1.87. The number of nitrogens with one attached hydrogen (secondary N) is 1. The normalized spacial score (nSPS) is 10.5. The molecule has 1 N–H and O–H groups in total. The second-order valence-corrected chi connectivity index (χ2v) is 4.19. The van der Waals surface area contributed by atoms with Gasteiger partial charge in [-0.1, -0.05) is 24.3 Å². The van der Waals surface area contributed by atoms with Crippen LogP contribution < -0.4 is 5.32 Å². The van der Waals surface area contributed by atoms with Gasteiger partial charge in [-0.3, -0.25) is 4.79 Å². The maximum Gasteiger partial charge on any atom is 0.170 e. The fraction of sp³-hybridized carbons (Fsp3) is 0.267. The van der Waals surface area contributed by atoms with E-state index in [1.54, 1.807) is 12.3 Å². The van der Waals surface area contributed by atoms with Gasteiger partial charge in [-0.15, -0.1) is 0 Å². The van der Waals surface area contributed by atoms with Crippen molar-refractivity contribution in [2.45, 2.75) is 12.8 Å². The van der Waals surface area contributed by atoms with E-state index in [2.05, 4.69) is 5.32 Å². The largest absolute Gasteiger partial charge is 0.469 e. The molecule has 0 radical (unpaired) electrons. The summed E-state index contributed by atoms with van der Waals surface area (Å²) < 4.78 is 5.21. The summed E-state index contributed by atoms with van der Waals surface area (Å²) in [6, 6.07) is 11.4. The van der Waals surface area contributed by atoms with E-state index in [9.17, 15) is 4.79 Å². The third-order valence-corrected chi connectivity index (χ3v) is 2.88. The molecule has 0 aliphatic heterocycles. The highest BCUT2D eigenvalue weighted by atomic mass is 16.3. The van der Waals surface area contributed by atoms with E-state index in [4.69, 9.17) is 4.42 Å². The Labute approximate surface area is 107 Å². The standard InChI is InChI=1S/C15H17NO2/c1-16-9-8-12-5-2-3-7-14(12)15(17)11-13-6-4-10-18-13/h2-7,10,16H,8-9,11H2,1H3.